The fourth-order valence-corrected chi connectivity index (χ4v) is 1.81. The van der Waals surface area contributed by atoms with Gasteiger partial charge in [-0.25, -0.2) is 0 Å². The van der Waals surface area contributed by atoms with Crippen molar-refractivity contribution in [3.05, 3.63) is 29.3 Å². The summed E-state index contributed by atoms with van der Waals surface area (Å²) >= 11 is 5.41. The number of nitrogens with one attached hydrogen (secondary N) is 1. The normalized spacial score (nSPS) is 10.5. The fourth-order valence-electron chi connectivity index (χ4n) is 1.71. The van der Waals surface area contributed by atoms with E-state index in [0.717, 1.165) is 17.7 Å². The molecule has 4 heteroatoms. The highest BCUT2D eigenvalue weighted by atomic mass is 35.5. The molecule has 0 unspecified atom stereocenters. The van der Waals surface area contributed by atoms with Gasteiger partial charge in [-0.1, -0.05) is 26.0 Å². The van der Waals surface area contributed by atoms with Crippen LogP contribution in [0.4, 0.5) is 0 Å². The first-order chi connectivity index (χ1) is 8.58. The molecule has 0 aliphatic rings. The maximum atomic E-state index is 11.0. The second-order valence-corrected chi connectivity index (χ2v) is 4.73. The van der Waals surface area contributed by atoms with Crippen molar-refractivity contribution in [2.45, 2.75) is 26.2 Å². The molecule has 0 radical (unpaired) electrons. The summed E-state index contributed by atoms with van der Waals surface area (Å²) in [6.45, 7) is 4.87. The van der Waals surface area contributed by atoms with Crippen LogP contribution >= 0.6 is 11.6 Å². The predicted molar refractivity (Wildman–Crippen MR) is 74.5 cm³/mol. The molecule has 0 saturated carbocycles. The minimum atomic E-state index is -0.144. The van der Waals surface area contributed by atoms with Gasteiger partial charge in [0.2, 0.25) is 5.91 Å². The van der Waals surface area contributed by atoms with Gasteiger partial charge in [0.25, 0.3) is 0 Å². The van der Waals surface area contributed by atoms with Crippen molar-refractivity contribution in [2.75, 3.05) is 19.5 Å². The third-order valence-electron chi connectivity index (χ3n) is 2.82. The highest BCUT2D eigenvalue weighted by molar-refractivity contribution is 6.27. The molecule has 0 aromatic heterocycles. The number of hydrogen-bond acceptors (Lipinski definition) is 2. The molecule has 0 spiro atoms. The molecule has 1 aromatic carbocycles. The summed E-state index contributed by atoms with van der Waals surface area (Å²) in [5.41, 5.74) is 2.34. The number of rotatable bonds is 6. The average molecular weight is 270 g/mol. The Balaban J connectivity index is 2.68. The lowest BCUT2D eigenvalue weighted by molar-refractivity contribution is -0.118. The number of alkyl halides is 1. The molecule has 0 fully saturated rings. The van der Waals surface area contributed by atoms with Crippen LogP contribution in [-0.2, 0) is 11.2 Å². The minimum absolute atomic E-state index is 0.00340. The summed E-state index contributed by atoms with van der Waals surface area (Å²) in [4.78, 5) is 11.0. The molecule has 3 nitrogen and oxygen atoms in total. The van der Waals surface area contributed by atoms with E-state index >= 15 is 0 Å². The van der Waals surface area contributed by atoms with E-state index in [0.29, 0.717) is 12.5 Å². The number of methoxy groups -OCH3 is 1. The van der Waals surface area contributed by atoms with E-state index in [9.17, 15) is 4.79 Å². The molecule has 0 saturated heterocycles. The topological polar surface area (TPSA) is 38.3 Å². The third kappa shape index (κ3) is 4.22. The van der Waals surface area contributed by atoms with Gasteiger partial charge in [-0.15, -0.1) is 11.6 Å². The minimum Gasteiger partial charge on any atom is -0.496 e. The van der Waals surface area contributed by atoms with E-state index in [1.54, 1.807) is 7.11 Å². The molecule has 1 aromatic rings. The summed E-state index contributed by atoms with van der Waals surface area (Å²) in [5.74, 6) is 1.21. The average Bonchev–Trinajstić information content (AvgIpc) is 2.38. The molecule has 0 atom stereocenters. The van der Waals surface area contributed by atoms with E-state index < -0.39 is 0 Å². The van der Waals surface area contributed by atoms with E-state index in [4.69, 9.17) is 16.3 Å². The molecule has 100 valence electrons. The van der Waals surface area contributed by atoms with Crippen LogP contribution in [0.1, 0.15) is 30.9 Å². The van der Waals surface area contributed by atoms with Crippen LogP contribution in [0.3, 0.4) is 0 Å². The standard InChI is InChI=1S/C14H20ClNO2/c1-10(2)12-5-4-11(13(8-12)18-3)6-7-16-14(17)9-15/h4-5,8,10H,6-7,9H2,1-3H3,(H,16,17). The molecule has 18 heavy (non-hydrogen) atoms. The number of carbonyl (C=O) groups excluding carboxylic acids is 1. The number of ether oxygens (including phenoxy) is 1. The van der Waals surface area contributed by atoms with Crippen molar-refractivity contribution < 1.29 is 9.53 Å². The molecular weight excluding hydrogens is 250 g/mol. The number of halogens is 1. The van der Waals surface area contributed by atoms with Crippen molar-refractivity contribution in [2.24, 2.45) is 0 Å². The summed E-state index contributed by atoms with van der Waals surface area (Å²) in [6.07, 6.45) is 0.740. The first kappa shape index (κ1) is 14.8. The maximum Gasteiger partial charge on any atom is 0.234 e. The Hall–Kier alpha value is -1.22. The highest BCUT2D eigenvalue weighted by Gasteiger charge is 2.07. The zero-order chi connectivity index (χ0) is 13.5. The summed E-state index contributed by atoms with van der Waals surface area (Å²) in [6, 6.07) is 6.22. The van der Waals surface area contributed by atoms with Gasteiger partial charge in [-0.3, -0.25) is 4.79 Å². The SMILES string of the molecule is COc1cc(C(C)C)ccc1CCNC(=O)CCl. The predicted octanol–water partition coefficient (Wildman–Crippen LogP) is 2.72. The van der Waals surface area contributed by atoms with Crippen LogP contribution in [0.5, 0.6) is 5.75 Å². The number of amides is 1. The van der Waals surface area contributed by atoms with E-state index in [1.165, 1.54) is 5.56 Å². The molecule has 0 bridgehead atoms. The lowest BCUT2D eigenvalue weighted by Crippen LogP contribution is -2.26. The van der Waals surface area contributed by atoms with Gasteiger partial charge in [0.05, 0.1) is 7.11 Å². The first-order valence-electron chi connectivity index (χ1n) is 6.08. The largest absolute Gasteiger partial charge is 0.496 e. The lowest BCUT2D eigenvalue weighted by Gasteiger charge is -2.12. The Labute approximate surface area is 113 Å². The van der Waals surface area contributed by atoms with Gasteiger partial charge >= 0.3 is 0 Å². The molecule has 0 aliphatic carbocycles. The summed E-state index contributed by atoms with van der Waals surface area (Å²) in [7, 11) is 1.67. The van der Waals surface area contributed by atoms with E-state index in [2.05, 4.69) is 37.4 Å². The molecule has 1 rings (SSSR count). The van der Waals surface area contributed by atoms with Crippen LogP contribution in [0.2, 0.25) is 0 Å². The Morgan fingerprint density at radius 3 is 2.72 bits per heavy atom. The van der Waals surface area contributed by atoms with Gasteiger partial charge < -0.3 is 10.1 Å². The van der Waals surface area contributed by atoms with E-state index in [1.807, 2.05) is 0 Å². The monoisotopic (exact) mass is 269 g/mol. The van der Waals surface area contributed by atoms with Crippen molar-refractivity contribution in [3.8, 4) is 5.75 Å². The van der Waals surface area contributed by atoms with Crippen LogP contribution in [0, 0.1) is 0 Å². The smallest absolute Gasteiger partial charge is 0.234 e. The Kier molecular flexibility index (Phi) is 5.99. The zero-order valence-corrected chi connectivity index (χ0v) is 11.9. The van der Waals surface area contributed by atoms with Gasteiger partial charge in [-0.05, 0) is 29.5 Å². The molecular formula is C14H20ClNO2. The number of carbonyl (C=O) groups is 1. The molecule has 0 aliphatic heterocycles. The van der Waals surface area contributed by atoms with Crippen molar-refractivity contribution in [1.82, 2.24) is 5.32 Å². The van der Waals surface area contributed by atoms with Crippen molar-refractivity contribution in [3.63, 3.8) is 0 Å². The second kappa shape index (κ2) is 7.27. The number of hydrogen-bond donors (Lipinski definition) is 1. The maximum absolute atomic E-state index is 11.0. The highest BCUT2D eigenvalue weighted by Crippen LogP contribution is 2.24. The van der Waals surface area contributed by atoms with Crippen LogP contribution in [0.25, 0.3) is 0 Å². The van der Waals surface area contributed by atoms with Crippen molar-refractivity contribution in [1.29, 1.82) is 0 Å². The first-order valence-corrected chi connectivity index (χ1v) is 6.61. The van der Waals surface area contributed by atoms with Crippen LogP contribution in [-0.4, -0.2) is 25.4 Å². The molecule has 1 N–H and O–H groups in total. The lowest BCUT2D eigenvalue weighted by atomic mass is 10.00. The van der Waals surface area contributed by atoms with Gasteiger partial charge in [-0.2, -0.15) is 0 Å². The van der Waals surface area contributed by atoms with Gasteiger partial charge in [0.1, 0.15) is 11.6 Å². The summed E-state index contributed by atoms with van der Waals surface area (Å²) < 4.78 is 5.38. The second-order valence-electron chi connectivity index (χ2n) is 4.46. The number of benzene rings is 1. The Bertz CT molecular complexity index is 405. The molecule has 1 amide bonds. The van der Waals surface area contributed by atoms with Crippen LogP contribution < -0.4 is 10.1 Å². The van der Waals surface area contributed by atoms with Gasteiger partial charge in [0, 0.05) is 6.54 Å². The fraction of sp³-hybridized carbons (Fsp3) is 0.500. The zero-order valence-electron chi connectivity index (χ0n) is 11.1. The van der Waals surface area contributed by atoms with Crippen molar-refractivity contribution >= 4 is 17.5 Å². The summed E-state index contributed by atoms with van der Waals surface area (Å²) in [5, 5.41) is 2.74. The molecule has 0 heterocycles. The quantitative estimate of drug-likeness (QED) is 0.807. The van der Waals surface area contributed by atoms with E-state index in [-0.39, 0.29) is 11.8 Å². The van der Waals surface area contributed by atoms with Gasteiger partial charge in [0.15, 0.2) is 0 Å². The third-order valence-corrected chi connectivity index (χ3v) is 3.06. The Morgan fingerprint density at radius 1 is 1.44 bits per heavy atom. The van der Waals surface area contributed by atoms with Crippen LogP contribution in [0.15, 0.2) is 18.2 Å². The Morgan fingerprint density at radius 2 is 2.17 bits per heavy atom.